The lowest BCUT2D eigenvalue weighted by Gasteiger charge is -2.27. The van der Waals surface area contributed by atoms with E-state index in [9.17, 15) is 9.59 Å². The maximum Gasteiger partial charge on any atom is 0.414 e. The van der Waals surface area contributed by atoms with E-state index in [1.807, 2.05) is 31.0 Å². The van der Waals surface area contributed by atoms with Gasteiger partial charge in [-0.05, 0) is 20.8 Å². The number of aromatic nitrogens is 2. The minimum atomic E-state index is -0.947. The van der Waals surface area contributed by atoms with E-state index in [1.165, 1.54) is 11.0 Å². The fourth-order valence-electron chi connectivity index (χ4n) is 3.63. The van der Waals surface area contributed by atoms with Crippen molar-refractivity contribution in [3.05, 3.63) is 42.0 Å². The van der Waals surface area contributed by atoms with Crippen molar-refractivity contribution in [2.24, 2.45) is 10.9 Å². The molecule has 40 heavy (non-hydrogen) atoms. The molecule has 1 aromatic carbocycles. The zero-order valence-corrected chi connectivity index (χ0v) is 23.1. The van der Waals surface area contributed by atoms with E-state index in [-0.39, 0.29) is 24.3 Å². The van der Waals surface area contributed by atoms with Gasteiger partial charge in [-0.15, -0.1) is 0 Å². The highest BCUT2D eigenvalue weighted by Gasteiger charge is 2.21. The number of halogens is 1. The van der Waals surface area contributed by atoms with E-state index >= 15 is 4.39 Å². The Balaban J connectivity index is 1.49. The molecular formula is C26H35FN8O5. The number of nitrogens with two attached hydrogens (primary N) is 1. The second-order valence-electron chi connectivity index (χ2n) is 10.0. The number of hydrogen-bond acceptors (Lipinski definition) is 10. The van der Waals surface area contributed by atoms with Crippen LogP contribution in [0.15, 0.2) is 35.7 Å². The molecule has 0 aliphatic carbocycles. The van der Waals surface area contributed by atoms with E-state index < -0.39 is 29.6 Å². The van der Waals surface area contributed by atoms with Crippen LogP contribution in [0.1, 0.15) is 39.2 Å². The van der Waals surface area contributed by atoms with Crippen LogP contribution in [0.3, 0.4) is 0 Å². The van der Waals surface area contributed by atoms with Crippen LogP contribution in [0.4, 0.5) is 19.9 Å². The summed E-state index contributed by atoms with van der Waals surface area (Å²) in [5.74, 6) is -0.615. The number of piperidine rings is 1. The highest BCUT2D eigenvalue weighted by molar-refractivity contribution is 5.91. The third kappa shape index (κ3) is 9.06. The summed E-state index contributed by atoms with van der Waals surface area (Å²) in [6, 6.07) is 4.71. The van der Waals surface area contributed by atoms with Gasteiger partial charge >= 0.3 is 12.2 Å². The number of likely N-dealkylation sites (N-methyl/N-ethyl adjacent to an activating group) is 1. The predicted octanol–water partition coefficient (Wildman–Crippen LogP) is 3.24. The molecule has 3 rings (SSSR count). The highest BCUT2D eigenvalue weighted by Crippen LogP contribution is 2.26. The molecule has 1 aliphatic heterocycles. The number of ether oxygens (including phenoxy) is 2. The van der Waals surface area contributed by atoms with E-state index in [1.54, 1.807) is 31.6 Å². The maximum atomic E-state index is 15.1. The zero-order valence-electron chi connectivity index (χ0n) is 23.1. The molecule has 4 N–H and O–H groups in total. The summed E-state index contributed by atoms with van der Waals surface area (Å²) in [6.07, 6.45) is 3.06. The lowest BCUT2D eigenvalue weighted by Crippen LogP contribution is -2.36. The van der Waals surface area contributed by atoms with Gasteiger partial charge < -0.3 is 29.8 Å². The molecule has 1 saturated heterocycles. The Bertz CT molecular complexity index is 1220. The third-order valence-electron chi connectivity index (χ3n) is 5.66. The molecule has 0 saturated carbocycles. The van der Waals surface area contributed by atoms with Gasteiger partial charge in [-0.3, -0.25) is 10.7 Å². The topological polar surface area (TPSA) is 168 Å². The fraction of sp³-hybridized carbons (Fsp3) is 0.462. The molecule has 13 nitrogen and oxygen atoms in total. The van der Waals surface area contributed by atoms with Crippen molar-refractivity contribution in [1.82, 2.24) is 20.2 Å². The van der Waals surface area contributed by atoms with Gasteiger partial charge in [-0.25, -0.2) is 23.9 Å². The van der Waals surface area contributed by atoms with Crippen molar-refractivity contribution < 1.29 is 28.3 Å². The van der Waals surface area contributed by atoms with Gasteiger partial charge in [0.15, 0.2) is 5.96 Å². The molecule has 1 aliphatic rings. The summed E-state index contributed by atoms with van der Waals surface area (Å²) in [7, 11) is 1.65. The summed E-state index contributed by atoms with van der Waals surface area (Å²) in [5, 5.41) is 13.2. The third-order valence-corrected chi connectivity index (χ3v) is 5.66. The van der Waals surface area contributed by atoms with Crippen LogP contribution >= 0.6 is 0 Å². The Labute approximate surface area is 232 Å². The van der Waals surface area contributed by atoms with E-state index in [4.69, 9.17) is 25.5 Å². The number of hydrogen-bond donors (Lipinski definition) is 3. The second-order valence-corrected chi connectivity index (χ2v) is 10.0. The summed E-state index contributed by atoms with van der Waals surface area (Å²) >= 11 is 0. The average molecular weight is 559 g/mol. The number of guanidine groups is 1. The SMILES string of the molecule is CN(CCON=C1CCN(c2ncc(-c3cccc(COC(=O)NC(=N)N)c3F)cn2)CC1)C(=O)OC(C)(C)C. The number of amides is 2. The normalized spacial score (nSPS) is 13.3. The quantitative estimate of drug-likeness (QED) is 0.191. The van der Waals surface area contributed by atoms with Crippen LogP contribution in [0, 0.1) is 11.2 Å². The van der Waals surface area contributed by atoms with Gasteiger partial charge in [-0.2, -0.15) is 0 Å². The first-order valence-electron chi connectivity index (χ1n) is 12.7. The molecule has 0 atom stereocenters. The van der Waals surface area contributed by atoms with Crippen LogP contribution in [0.5, 0.6) is 0 Å². The molecule has 1 aromatic heterocycles. The first-order chi connectivity index (χ1) is 18.9. The number of rotatable bonds is 8. The Morgan fingerprint density at radius 1 is 1.23 bits per heavy atom. The molecule has 2 aromatic rings. The molecule has 0 unspecified atom stereocenters. The number of oxime groups is 1. The Morgan fingerprint density at radius 2 is 1.90 bits per heavy atom. The smallest absolute Gasteiger partial charge is 0.414 e. The Kier molecular flexibility index (Phi) is 10.2. The number of nitrogens with one attached hydrogen (secondary N) is 2. The number of benzene rings is 1. The van der Waals surface area contributed by atoms with E-state index in [2.05, 4.69) is 15.1 Å². The highest BCUT2D eigenvalue weighted by atomic mass is 19.1. The minimum absolute atomic E-state index is 0.154. The van der Waals surface area contributed by atoms with Gasteiger partial charge in [-0.1, -0.05) is 23.4 Å². The van der Waals surface area contributed by atoms with Gasteiger partial charge in [0.05, 0.1) is 12.3 Å². The summed E-state index contributed by atoms with van der Waals surface area (Å²) in [6.45, 7) is 6.99. The monoisotopic (exact) mass is 558 g/mol. The molecule has 2 amide bonds. The number of alkyl carbamates (subject to hydrolysis) is 1. The first kappa shape index (κ1) is 30.1. The molecule has 0 bridgehead atoms. The summed E-state index contributed by atoms with van der Waals surface area (Å²) in [5.41, 5.74) is 6.32. The molecule has 1 fully saturated rings. The number of carbonyl (C=O) groups is 2. The zero-order chi connectivity index (χ0) is 29.3. The van der Waals surface area contributed by atoms with Crippen LogP contribution in [-0.2, 0) is 20.9 Å². The Morgan fingerprint density at radius 3 is 2.52 bits per heavy atom. The lowest BCUT2D eigenvalue weighted by molar-refractivity contribution is 0.0235. The van der Waals surface area contributed by atoms with Crippen molar-refractivity contribution in [3.8, 4) is 11.1 Å². The first-order valence-corrected chi connectivity index (χ1v) is 12.7. The average Bonchev–Trinajstić information content (AvgIpc) is 2.89. The fourth-order valence-corrected chi connectivity index (χ4v) is 3.63. The van der Waals surface area contributed by atoms with Crippen molar-refractivity contribution in [2.75, 3.05) is 38.2 Å². The lowest BCUT2D eigenvalue weighted by atomic mass is 10.1. The molecule has 2 heterocycles. The van der Waals surface area contributed by atoms with Crippen LogP contribution in [-0.4, -0.2) is 77.6 Å². The van der Waals surface area contributed by atoms with Gasteiger partial charge in [0.1, 0.15) is 24.6 Å². The van der Waals surface area contributed by atoms with Crippen molar-refractivity contribution in [1.29, 1.82) is 5.41 Å². The standard InChI is InChI=1S/C26H35FN8O5/c1-26(2,3)40-25(37)34(4)12-13-39-33-19-8-10-35(11-9-19)23-30-14-18(15-31-23)20-7-5-6-17(21(20)27)16-38-24(36)32-22(28)29/h5-7,14-15H,8-13,16H2,1-4H3,(H4,28,29,32,36). The van der Waals surface area contributed by atoms with E-state index in [0.717, 1.165) is 5.71 Å². The molecular weight excluding hydrogens is 523 g/mol. The van der Waals surface area contributed by atoms with Gasteiger partial charge in [0.2, 0.25) is 5.95 Å². The molecule has 0 spiro atoms. The number of anilines is 1. The molecule has 0 radical (unpaired) electrons. The minimum Gasteiger partial charge on any atom is -0.444 e. The Hall–Kier alpha value is -4.49. The molecule has 216 valence electrons. The van der Waals surface area contributed by atoms with Crippen molar-refractivity contribution in [2.45, 2.75) is 45.8 Å². The van der Waals surface area contributed by atoms with Gasteiger partial charge in [0, 0.05) is 62.1 Å². The van der Waals surface area contributed by atoms with E-state index in [0.29, 0.717) is 44.0 Å². The van der Waals surface area contributed by atoms with Crippen LogP contribution < -0.4 is 16.0 Å². The number of carbonyl (C=O) groups excluding carboxylic acids is 2. The maximum absolute atomic E-state index is 15.1. The number of nitrogens with zero attached hydrogens (tertiary/aromatic N) is 5. The molecule has 14 heteroatoms. The van der Waals surface area contributed by atoms with Gasteiger partial charge in [0.25, 0.3) is 0 Å². The van der Waals surface area contributed by atoms with Crippen molar-refractivity contribution in [3.63, 3.8) is 0 Å². The van der Waals surface area contributed by atoms with Crippen molar-refractivity contribution >= 4 is 29.8 Å². The predicted molar refractivity (Wildman–Crippen MR) is 146 cm³/mol. The van der Waals surface area contributed by atoms with Crippen LogP contribution in [0.2, 0.25) is 0 Å². The van der Waals surface area contributed by atoms with Crippen LogP contribution in [0.25, 0.3) is 11.1 Å². The summed E-state index contributed by atoms with van der Waals surface area (Å²) < 4.78 is 25.3. The summed E-state index contributed by atoms with van der Waals surface area (Å²) in [4.78, 5) is 41.2. The largest absolute Gasteiger partial charge is 0.444 e. The second kappa shape index (κ2) is 13.5.